The Kier molecular flexibility index (Phi) is 4.17. The number of benzene rings is 1. The highest BCUT2D eigenvalue weighted by Crippen LogP contribution is 2.27. The van der Waals surface area contributed by atoms with E-state index in [0.717, 1.165) is 36.7 Å². The highest BCUT2D eigenvalue weighted by atomic mass is 35.5. The summed E-state index contributed by atoms with van der Waals surface area (Å²) < 4.78 is 2.05. The van der Waals surface area contributed by atoms with Crippen LogP contribution in [0.2, 0.25) is 5.02 Å². The largest absolute Gasteiger partial charge is 0.348 e. The molecule has 1 N–H and O–H groups in total. The number of carbonyl (C=O) groups excluding carboxylic acids is 2. The van der Waals surface area contributed by atoms with Crippen molar-refractivity contribution in [3.05, 3.63) is 40.9 Å². The van der Waals surface area contributed by atoms with Gasteiger partial charge in [-0.1, -0.05) is 17.7 Å². The van der Waals surface area contributed by atoms with E-state index in [-0.39, 0.29) is 24.2 Å². The maximum Gasteiger partial charge on any atom is 0.227 e. The van der Waals surface area contributed by atoms with Crippen molar-refractivity contribution in [1.29, 1.82) is 0 Å². The van der Waals surface area contributed by atoms with Gasteiger partial charge in [-0.25, -0.2) is 0 Å². The maximum absolute atomic E-state index is 12.5. The number of anilines is 1. The first kappa shape index (κ1) is 16.1. The van der Waals surface area contributed by atoms with Gasteiger partial charge in [-0.2, -0.15) is 0 Å². The van der Waals surface area contributed by atoms with Crippen molar-refractivity contribution in [3.63, 3.8) is 0 Å². The molecule has 0 saturated carbocycles. The molecule has 0 bridgehead atoms. The molecule has 1 aromatic heterocycles. The monoisotopic (exact) mass is 359 g/mol. The number of hydrogen-bond donors (Lipinski definition) is 1. The molecule has 1 aromatic carbocycles. The number of amides is 2. The number of nitrogens with zero attached hydrogens (tertiary/aromatic N) is 4. The molecule has 2 aromatic rings. The summed E-state index contributed by atoms with van der Waals surface area (Å²) in [5.41, 5.74) is 0.725. The molecule has 0 radical (unpaired) electrons. The van der Waals surface area contributed by atoms with Gasteiger partial charge in [-0.3, -0.25) is 9.59 Å². The first-order chi connectivity index (χ1) is 12.1. The molecule has 130 valence electrons. The highest BCUT2D eigenvalue weighted by Gasteiger charge is 2.35. The molecule has 1 saturated heterocycles. The number of aromatic nitrogens is 3. The number of fused-ring (bicyclic) bond motifs is 1. The summed E-state index contributed by atoms with van der Waals surface area (Å²) in [5, 5.41) is 11.7. The highest BCUT2D eigenvalue weighted by molar-refractivity contribution is 6.30. The third kappa shape index (κ3) is 3.11. The van der Waals surface area contributed by atoms with Crippen LogP contribution in [-0.4, -0.2) is 33.1 Å². The van der Waals surface area contributed by atoms with E-state index in [9.17, 15) is 9.59 Å². The lowest BCUT2D eigenvalue weighted by atomic mass is 10.1. The van der Waals surface area contributed by atoms with Gasteiger partial charge in [-0.15, -0.1) is 10.2 Å². The summed E-state index contributed by atoms with van der Waals surface area (Å²) >= 11 is 5.99. The zero-order chi connectivity index (χ0) is 17.4. The predicted octanol–water partition coefficient (Wildman–Crippen LogP) is 1.55. The van der Waals surface area contributed by atoms with Crippen LogP contribution in [0.3, 0.4) is 0 Å². The maximum atomic E-state index is 12.5. The summed E-state index contributed by atoms with van der Waals surface area (Å²) in [6.45, 7) is 1.61. The van der Waals surface area contributed by atoms with Crippen molar-refractivity contribution in [1.82, 2.24) is 20.1 Å². The SMILES string of the molecule is O=C(NCc1nnc2n1CCC2)[C@H]1CC(=O)N(c2cccc(Cl)c2)C1. The third-order valence-corrected chi connectivity index (χ3v) is 4.96. The Morgan fingerprint density at radius 3 is 3.08 bits per heavy atom. The number of carbonyl (C=O) groups is 2. The summed E-state index contributed by atoms with van der Waals surface area (Å²) in [7, 11) is 0. The van der Waals surface area contributed by atoms with Crippen LogP contribution < -0.4 is 10.2 Å². The molecule has 1 fully saturated rings. The second-order valence-electron chi connectivity index (χ2n) is 6.39. The van der Waals surface area contributed by atoms with Crippen LogP contribution in [0.15, 0.2) is 24.3 Å². The predicted molar refractivity (Wildman–Crippen MR) is 92.1 cm³/mol. The van der Waals surface area contributed by atoms with Crippen molar-refractivity contribution in [2.45, 2.75) is 32.4 Å². The van der Waals surface area contributed by atoms with E-state index in [1.54, 1.807) is 23.1 Å². The molecule has 25 heavy (non-hydrogen) atoms. The Morgan fingerprint density at radius 2 is 2.24 bits per heavy atom. The fraction of sp³-hybridized carbons (Fsp3) is 0.412. The van der Waals surface area contributed by atoms with Crippen LogP contribution in [-0.2, 0) is 29.1 Å². The summed E-state index contributed by atoms with van der Waals surface area (Å²) in [4.78, 5) is 26.3. The lowest BCUT2D eigenvalue weighted by Crippen LogP contribution is -2.33. The van der Waals surface area contributed by atoms with Crippen LogP contribution in [0.5, 0.6) is 0 Å². The van der Waals surface area contributed by atoms with Gasteiger partial charge in [-0.05, 0) is 24.6 Å². The number of hydrogen-bond acceptors (Lipinski definition) is 4. The molecule has 4 rings (SSSR count). The summed E-state index contributed by atoms with van der Waals surface area (Å²) in [6, 6.07) is 7.11. The van der Waals surface area contributed by atoms with E-state index in [2.05, 4.69) is 20.1 Å². The lowest BCUT2D eigenvalue weighted by molar-refractivity contribution is -0.126. The molecular formula is C17H18ClN5O2. The second-order valence-corrected chi connectivity index (χ2v) is 6.83. The van der Waals surface area contributed by atoms with Crippen LogP contribution in [0.25, 0.3) is 0 Å². The average molecular weight is 360 g/mol. The van der Waals surface area contributed by atoms with Crippen molar-refractivity contribution < 1.29 is 9.59 Å². The molecule has 7 nitrogen and oxygen atoms in total. The van der Waals surface area contributed by atoms with Gasteiger partial charge in [0, 0.05) is 36.6 Å². The van der Waals surface area contributed by atoms with Gasteiger partial charge < -0.3 is 14.8 Å². The quantitative estimate of drug-likeness (QED) is 0.898. The van der Waals surface area contributed by atoms with Gasteiger partial charge in [0.2, 0.25) is 11.8 Å². The Morgan fingerprint density at radius 1 is 1.36 bits per heavy atom. The van der Waals surface area contributed by atoms with Crippen LogP contribution in [0.1, 0.15) is 24.5 Å². The minimum atomic E-state index is -0.368. The number of aryl methyl sites for hydroxylation is 1. The Labute approximate surface area is 150 Å². The molecule has 2 aliphatic rings. The zero-order valence-electron chi connectivity index (χ0n) is 13.6. The van der Waals surface area contributed by atoms with Crippen molar-refractivity contribution in [2.24, 2.45) is 5.92 Å². The minimum Gasteiger partial charge on any atom is -0.348 e. The van der Waals surface area contributed by atoms with Crippen molar-refractivity contribution in [3.8, 4) is 0 Å². The average Bonchev–Trinajstić information content (AvgIpc) is 3.28. The van der Waals surface area contributed by atoms with E-state index >= 15 is 0 Å². The molecule has 0 aliphatic carbocycles. The molecule has 3 heterocycles. The molecular weight excluding hydrogens is 342 g/mol. The fourth-order valence-corrected chi connectivity index (χ4v) is 3.61. The first-order valence-electron chi connectivity index (χ1n) is 8.36. The molecule has 2 aliphatic heterocycles. The van der Waals surface area contributed by atoms with Gasteiger partial charge in [0.15, 0.2) is 5.82 Å². The van der Waals surface area contributed by atoms with Gasteiger partial charge in [0.1, 0.15) is 5.82 Å². The van der Waals surface area contributed by atoms with Crippen LogP contribution in [0, 0.1) is 5.92 Å². The molecule has 0 spiro atoms. The van der Waals surface area contributed by atoms with E-state index in [4.69, 9.17) is 11.6 Å². The summed E-state index contributed by atoms with van der Waals surface area (Å²) in [6.07, 6.45) is 2.21. The van der Waals surface area contributed by atoms with Gasteiger partial charge >= 0.3 is 0 Å². The minimum absolute atomic E-state index is 0.0641. The Bertz CT molecular complexity index is 834. The lowest BCUT2D eigenvalue weighted by Gasteiger charge is -2.17. The van der Waals surface area contributed by atoms with Crippen molar-refractivity contribution >= 4 is 29.1 Å². The zero-order valence-corrected chi connectivity index (χ0v) is 14.4. The molecule has 8 heteroatoms. The number of halogens is 1. The smallest absolute Gasteiger partial charge is 0.227 e. The first-order valence-corrected chi connectivity index (χ1v) is 8.74. The van der Waals surface area contributed by atoms with Gasteiger partial charge in [0.05, 0.1) is 12.5 Å². The van der Waals surface area contributed by atoms with E-state index in [1.165, 1.54) is 0 Å². The van der Waals surface area contributed by atoms with E-state index in [0.29, 0.717) is 18.1 Å². The Hall–Kier alpha value is -2.41. The second kappa shape index (κ2) is 6.48. The molecule has 1 atom stereocenters. The molecule has 2 amide bonds. The summed E-state index contributed by atoms with van der Waals surface area (Å²) in [5.74, 6) is 1.19. The van der Waals surface area contributed by atoms with Gasteiger partial charge in [0.25, 0.3) is 0 Å². The number of rotatable bonds is 4. The fourth-order valence-electron chi connectivity index (χ4n) is 3.43. The number of nitrogens with one attached hydrogen (secondary N) is 1. The molecule has 0 unspecified atom stereocenters. The Balaban J connectivity index is 1.39. The topological polar surface area (TPSA) is 80.1 Å². The standard InChI is InChI=1S/C17H18ClN5O2/c18-12-3-1-4-13(8-12)23-10-11(7-16(23)24)17(25)19-9-15-21-20-14-5-2-6-22(14)15/h1,3-4,8,11H,2,5-7,9-10H2,(H,19,25)/t11-/m0/s1. The van der Waals surface area contributed by atoms with Crippen LogP contribution >= 0.6 is 11.6 Å². The third-order valence-electron chi connectivity index (χ3n) is 4.72. The normalized spacial score (nSPS) is 19.3. The van der Waals surface area contributed by atoms with E-state index < -0.39 is 0 Å². The van der Waals surface area contributed by atoms with Crippen molar-refractivity contribution in [2.75, 3.05) is 11.4 Å². The van der Waals surface area contributed by atoms with Crippen LogP contribution in [0.4, 0.5) is 5.69 Å². The van der Waals surface area contributed by atoms with E-state index in [1.807, 2.05) is 6.07 Å².